The van der Waals surface area contributed by atoms with Crippen LogP contribution in [0.4, 0.5) is 13.2 Å². The number of carbonyl (C=O) groups excluding carboxylic acids is 1. The van der Waals surface area contributed by atoms with Crippen LogP contribution in [-0.2, 0) is 11.3 Å². The quantitative estimate of drug-likeness (QED) is 0.847. The van der Waals surface area contributed by atoms with Gasteiger partial charge >= 0.3 is 6.18 Å². The number of benzene rings is 1. The lowest BCUT2D eigenvalue weighted by Crippen LogP contribution is -2.39. The average molecular weight is 378 g/mol. The number of hydrogen-bond donors (Lipinski definition) is 2. The van der Waals surface area contributed by atoms with Crippen molar-refractivity contribution in [1.82, 2.24) is 10.6 Å². The minimum atomic E-state index is -4.39. The van der Waals surface area contributed by atoms with E-state index in [2.05, 4.69) is 10.6 Å². The van der Waals surface area contributed by atoms with Gasteiger partial charge in [0.05, 0.1) is 11.8 Å². The van der Waals surface area contributed by atoms with E-state index in [0.29, 0.717) is 15.6 Å². The molecular formula is C13H14Cl3F3N2O. The van der Waals surface area contributed by atoms with Gasteiger partial charge in [0, 0.05) is 29.7 Å². The van der Waals surface area contributed by atoms with Gasteiger partial charge in [0.1, 0.15) is 0 Å². The van der Waals surface area contributed by atoms with E-state index >= 15 is 0 Å². The molecule has 1 fully saturated rings. The van der Waals surface area contributed by atoms with Gasteiger partial charge in [-0.15, -0.1) is 12.4 Å². The molecule has 3 nitrogen and oxygen atoms in total. The highest BCUT2D eigenvalue weighted by Gasteiger charge is 2.49. The molecule has 1 aliphatic rings. The van der Waals surface area contributed by atoms with Crippen molar-refractivity contribution in [2.75, 3.05) is 13.1 Å². The van der Waals surface area contributed by atoms with Crippen molar-refractivity contribution in [3.63, 3.8) is 0 Å². The summed E-state index contributed by atoms with van der Waals surface area (Å²) in [5, 5.41) is 5.91. The van der Waals surface area contributed by atoms with Crippen LogP contribution < -0.4 is 10.6 Å². The lowest BCUT2D eigenvalue weighted by atomic mass is 9.94. The molecule has 124 valence electrons. The molecule has 1 amide bonds. The Morgan fingerprint density at radius 3 is 2.59 bits per heavy atom. The van der Waals surface area contributed by atoms with E-state index in [-0.39, 0.29) is 32.0 Å². The first kappa shape index (κ1) is 19.4. The number of alkyl halides is 3. The molecule has 0 radical (unpaired) electrons. The van der Waals surface area contributed by atoms with E-state index in [9.17, 15) is 18.0 Å². The maximum Gasteiger partial charge on any atom is 0.393 e. The number of carbonyl (C=O) groups is 1. The van der Waals surface area contributed by atoms with Crippen molar-refractivity contribution in [2.45, 2.75) is 12.7 Å². The van der Waals surface area contributed by atoms with E-state index in [1.807, 2.05) is 0 Å². The van der Waals surface area contributed by atoms with Gasteiger partial charge in [-0.25, -0.2) is 0 Å². The predicted molar refractivity (Wildman–Crippen MR) is 81.5 cm³/mol. The first-order chi connectivity index (χ1) is 9.79. The van der Waals surface area contributed by atoms with Crippen LogP contribution in [0.1, 0.15) is 5.56 Å². The van der Waals surface area contributed by atoms with Crippen LogP contribution in [0.15, 0.2) is 18.2 Å². The fourth-order valence-corrected chi connectivity index (χ4v) is 2.75. The molecule has 0 aliphatic carbocycles. The first-order valence-corrected chi connectivity index (χ1v) is 7.03. The second-order valence-electron chi connectivity index (χ2n) is 4.87. The molecule has 22 heavy (non-hydrogen) atoms. The van der Waals surface area contributed by atoms with E-state index in [1.165, 1.54) is 6.07 Å². The highest BCUT2D eigenvalue weighted by Crippen LogP contribution is 2.34. The van der Waals surface area contributed by atoms with Crippen molar-refractivity contribution >= 4 is 41.5 Å². The maximum absolute atomic E-state index is 12.8. The van der Waals surface area contributed by atoms with Gasteiger partial charge in [-0.05, 0) is 17.7 Å². The van der Waals surface area contributed by atoms with Crippen LogP contribution in [0.2, 0.25) is 10.0 Å². The zero-order valence-electron chi connectivity index (χ0n) is 11.2. The normalized spacial score (nSPS) is 21.3. The van der Waals surface area contributed by atoms with Crippen molar-refractivity contribution in [2.24, 2.45) is 11.8 Å². The zero-order chi connectivity index (χ0) is 15.6. The van der Waals surface area contributed by atoms with Gasteiger partial charge in [-0.2, -0.15) is 13.2 Å². The molecule has 1 aromatic carbocycles. The van der Waals surface area contributed by atoms with Gasteiger partial charge in [0.25, 0.3) is 0 Å². The molecule has 1 heterocycles. The molecule has 2 atom stereocenters. The third kappa shape index (κ3) is 4.65. The second-order valence-corrected chi connectivity index (χ2v) is 5.71. The molecule has 2 N–H and O–H groups in total. The zero-order valence-corrected chi connectivity index (χ0v) is 13.5. The molecule has 2 rings (SSSR count). The second kappa shape index (κ2) is 7.73. The number of hydrogen-bond acceptors (Lipinski definition) is 2. The molecule has 0 bridgehead atoms. The van der Waals surface area contributed by atoms with Gasteiger partial charge < -0.3 is 10.6 Å². The standard InChI is InChI=1S/C13H13Cl2F3N2O.ClH/c14-8-2-1-7(11(15)3-8)4-20-12(21)9-5-19-6-10(9)13(16,17)18;/h1-3,9-10,19H,4-6H2,(H,20,21);1H/t9-,10-;/m1./s1. The summed E-state index contributed by atoms with van der Waals surface area (Å²) < 4.78 is 38.4. The van der Waals surface area contributed by atoms with Crippen molar-refractivity contribution in [3.8, 4) is 0 Å². The highest BCUT2D eigenvalue weighted by molar-refractivity contribution is 6.35. The summed E-state index contributed by atoms with van der Waals surface area (Å²) in [5.41, 5.74) is 0.601. The predicted octanol–water partition coefficient (Wildman–Crippen LogP) is 3.43. The fourth-order valence-electron chi connectivity index (χ4n) is 2.28. The SMILES string of the molecule is Cl.O=C(NCc1ccc(Cl)cc1Cl)[C@@H]1CNC[C@H]1C(F)(F)F. The molecule has 1 aromatic rings. The Morgan fingerprint density at radius 1 is 1.32 bits per heavy atom. The average Bonchev–Trinajstić information content (AvgIpc) is 2.86. The lowest BCUT2D eigenvalue weighted by molar-refractivity contribution is -0.182. The number of nitrogens with one attached hydrogen (secondary N) is 2. The Bertz CT molecular complexity index is 540. The monoisotopic (exact) mass is 376 g/mol. The molecule has 1 saturated heterocycles. The Labute approximate surface area is 141 Å². The summed E-state index contributed by atoms with van der Waals surface area (Å²) in [7, 11) is 0. The van der Waals surface area contributed by atoms with Crippen molar-refractivity contribution in [1.29, 1.82) is 0 Å². The summed E-state index contributed by atoms with van der Waals surface area (Å²) in [5.74, 6) is -3.40. The van der Waals surface area contributed by atoms with E-state index in [4.69, 9.17) is 23.2 Å². The number of rotatable bonds is 3. The Kier molecular flexibility index (Phi) is 6.80. The van der Waals surface area contributed by atoms with E-state index in [0.717, 1.165) is 0 Å². The summed E-state index contributed by atoms with van der Waals surface area (Å²) in [6.45, 7) is -0.149. The minimum Gasteiger partial charge on any atom is -0.352 e. The molecule has 1 aliphatic heterocycles. The molecular weight excluding hydrogens is 364 g/mol. The van der Waals surface area contributed by atoms with Crippen molar-refractivity contribution in [3.05, 3.63) is 33.8 Å². The highest BCUT2D eigenvalue weighted by atomic mass is 35.5. The van der Waals surface area contributed by atoms with Gasteiger partial charge in [-0.3, -0.25) is 4.79 Å². The van der Waals surface area contributed by atoms with E-state index < -0.39 is 23.9 Å². The fraction of sp³-hybridized carbons (Fsp3) is 0.462. The van der Waals surface area contributed by atoms with Crippen LogP contribution in [0.3, 0.4) is 0 Å². The minimum absolute atomic E-state index is 0. The molecule has 9 heteroatoms. The number of amides is 1. The van der Waals surface area contributed by atoms with Crippen molar-refractivity contribution < 1.29 is 18.0 Å². The molecule has 0 spiro atoms. The van der Waals surface area contributed by atoms with Crippen LogP contribution in [0.25, 0.3) is 0 Å². The summed E-state index contributed by atoms with van der Waals surface area (Å²) in [6, 6.07) is 4.74. The summed E-state index contributed by atoms with van der Waals surface area (Å²) in [6.07, 6.45) is -4.39. The molecule has 0 unspecified atom stereocenters. The Morgan fingerprint density at radius 2 is 2.00 bits per heavy atom. The van der Waals surface area contributed by atoms with Crippen LogP contribution in [0.5, 0.6) is 0 Å². The summed E-state index contributed by atoms with van der Waals surface area (Å²) in [4.78, 5) is 11.9. The topological polar surface area (TPSA) is 41.1 Å². The van der Waals surface area contributed by atoms with Gasteiger partial charge in [0.15, 0.2) is 0 Å². The third-order valence-electron chi connectivity index (χ3n) is 3.44. The third-order valence-corrected chi connectivity index (χ3v) is 4.03. The molecule has 0 aromatic heterocycles. The van der Waals surface area contributed by atoms with Gasteiger partial charge in [0.2, 0.25) is 5.91 Å². The van der Waals surface area contributed by atoms with E-state index in [1.54, 1.807) is 12.1 Å². The smallest absolute Gasteiger partial charge is 0.352 e. The Hall–Kier alpha value is -0.690. The largest absolute Gasteiger partial charge is 0.393 e. The lowest BCUT2D eigenvalue weighted by Gasteiger charge is -2.20. The maximum atomic E-state index is 12.8. The van der Waals surface area contributed by atoms with Crippen LogP contribution >= 0.6 is 35.6 Å². The summed E-state index contributed by atoms with van der Waals surface area (Å²) >= 11 is 11.7. The molecule has 0 saturated carbocycles. The van der Waals surface area contributed by atoms with Gasteiger partial charge in [-0.1, -0.05) is 29.3 Å². The number of halogens is 6. The Balaban J connectivity index is 0.00000242. The van der Waals surface area contributed by atoms with Crippen LogP contribution in [-0.4, -0.2) is 25.2 Å². The first-order valence-electron chi connectivity index (χ1n) is 6.28. The van der Waals surface area contributed by atoms with Crippen LogP contribution in [0, 0.1) is 11.8 Å².